The Hall–Kier alpha value is -0.870. The first-order chi connectivity index (χ1) is 9.03. The fourth-order valence-electron chi connectivity index (χ4n) is 1.99. The maximum Gasteiger partial charge on any atom is 0.178 e. The van der Waals surface area contributed by atoms with Gasteiger partial charge in [0.05, 0.1) is 10.6 Å². The molecule has 0 saturated carbocycles. The smallest absolute Gasteiger partial charge is 0.178 e. The van der Waals surface area contributed by atoms with Crippen LogP contribution in [-0.4, -0.2) is 26.8 Å². The molecule has 1 atom stereocenters. The average molecular weight is 283 g/mol. The highest BCUT2D eigenvalue weighted by molar-refractivity contribution is 7.91. The summed E-state index contributed by atoms with van der Waals surface area (Å²) in [6, 6.07) is 7.77. The second-order valence-corrected chi connectivity index (χ2v) is 7.09. The van der Waals surface area contributed by atoms with E-state index in [4.69, 9.17) is 0 Å². The predicted molar refractivity (Wildman–Crippen MR) is 80.2 cm³/mol. The first-order valence-electron chi connectivity index (χ1n) is 7.08. The van der Waals surface area contributed by atoms with Gasteiger partial charge in [0.2, 0.25) is 0 Å². The molecule has 0 amide bonds. The molecule has 0 aromatic heterocycles. The van der Waals surface area contributed by atoms with Crippen LogP contribution in [0.25, 0.3) is 0 Å². The van der Waals surface area contributed by atoms with Crippen LogP contribution in [0.4, 0.5) is 0 Å². The number of hydrogen-bond donors (Lipinski definition) is 1. The lowest BCUT2D eigenvalue weighted by atomic mass is 10.0. The molecule has 1 unspecified atom stereocenters. The quantitative estimate of drug-likeness (QED) is 0.798. The van der Waals surface area contributed by atoms with E-state index in [0.717, 1.165) is 25.8 Å². The lowest BCUT2D eigenvalue weighted by Gasteiger charge is -2.16. The Balaban J connectivity index is 2.71. The van der Waals surface area contributed by atoms with Crippen LogP contribution in [0.15, 0.2) is 29.2 Å². The van der Waals surface area contributed by atoms with Crippen LogP contribution in [0.2, 0.25) is 0 Å². The Bertz CT molecular complexity index is 465. The highest BCUT2D eigenvalue weighted by Gasteiger charge is 2.12. The summed E-state index contributed by atoms with van der Waals surface area (Å²) < 4.78 is 23.4. The zero-order valence-electron chi connectivity index (χ0n) is 12.1. The summed E-state index contributed by atoms with van der Waals surface area (Å²) in [6.07, 6.45) is 3.15. The number of benzene rings is 1. The zero-order chi connectivity index (χ0) is 14.3. The van der Waals surface area contributed by atoms with Gasteiger partial charge < -0.3 is 5.32 Å². The lowest BCUT2D eigenvalue weighted by Crippen LogP contribution is -2.31. The first kappa shape index (κ1) is 16.2. The number of hydrogen-bond acceptors (Lipinski definition) is 3. The van der Waals surface area contributed by atoms with Gasteiger partial charge in [-0.1, -0.05) is 32.9 Å². The van der Waals surface area contributed by atoms with Crippen molar-refractivity contribution in [1.29, 1.82) is 0 Å². The van der Waals surface area contributed by atoms with Crippen molar-refractivity contribution in [1.82, 2.24) is 5.32 Å². The van der Waals surface area contributed by atoms with E-state index in [1.807, 2.05) is 12.1 Å². The van der Waals surface area contributed by atoms with Crippen molar-refractivity contribution in [3.05, 3.63) is 29.8 Å². The van der Waals surface area contributed by atoms with Gasteiger partial charge in [-0.15, -0.1) is 0 Å². The lowest BCUT2D eigenvalue weighted by molar-refractivity contribution is 0.494. The molecular formula is C15H25NO2S. The predicted octanol–water partition coefficient (Wildman–Crippen LogP) is 2.80. The van der Waals surface area contributed by atoms with Crippen molar-refractivity contribution >= 4 is 9.84 Å². The maximum absolute atomic E-state index is 11.7. The summed E-state index contributed by atoms with van der Waals surface area (Å²) in [5.41, 5.74) is 1.19. The van der Waals surface area contributed by atoms with Crippen molar-refractivity contribution in [2.45, 2.75) is 51.0 Å². The van der Waals surface area contributed by atoms with Crippen molar-refractivity contribution in [3.8, 4) is 0 Å². The van der Waals surface area contributed by atoms with Crippen molar-refractivity contribution in [2.75, 3.05) is 12.3 Å². The SMILES string of the molecule is CCCNC(CC)Cc1ccc(S(=O)(=O)CC)cc1. The molecule has 0 aliphatic carbocycles. The van der Waals surface area contributed by atoms with Crippen LogP contribution >= 0.6 is 0 Å². The molecule has 0 bridgehead atoms. The number of rotatable bonds is 8. The zero-order valence-corrected chi connectivity index (χ0v) is 13.0. The molecule has 0 fully saturated rings. The van der Waals surface area contributed by atoms with Crippen LogP contribution in [-0.2, 0) is 16.3 Å². The molecule has 0 aliphatic rings. The van der Waals surface area contributed by atoms with Crippen LogP contribution < -0.4 is 5.32 Å². The molecule has 19 heavy (non-hydrogen) atoms. The molecule has 0 heterocycles. The molecule has 0 saturated heterocycles. The van der Waals surface area contributed by atoms with Crippen LogP contribution in [0.3, 0.4) is 0 Å². The van der Waals surface area contributed by atoms with E-state index in [2.05, 4.69) is 19.2 Å². The molecule has 0 aliphatic heterocycles. The van der Waals surface area contributed by atoms with E-state index in [-0.39, 0.29) is 5.75 Å². The molecule has 1 N–H and O–H groups in total. The topological polar surface area (TPSA) is 46.2 Å². The minimum atomic E-state index is -3.08. The fourth-order valence-corrected chi connectivity index (χ4v) is 2.88. The van der Waals surface area contributed by atoms with Crippen LogP contribution in [0.1, 0.15) is 39.2 Å². The van der Waals surface area contributed by atoms with E-state index in [1.165, 1.54) is 5.56 Å². The molecule has 1 aromatic carbocycles. The number of sulfone groups is 1. The minimum Gasteiger partial charge on any atom is -0.314 e. The summed E-state index contributed by atoms with van der Waals surface area (Å²) in [4.78, 5) is 0.424. The van der Waals surface area contributed by atoms with Gasteiger partial charge in [-0.05, 0) is 43.5 Å². The van der Waals surface area contributed by atoms with E-state index in [0.29, 0.717) is 10.9 Å². The van der Waals surface area contributed by atoms with Gasteiger partial charge in [0, 0.05) is 6.04 Å². The highest BCUT2D eigenvalue weighted by atomic mass is 32.2. The third-order valence-electron chi connectivity index (χ3n) is 3.32. The molecule has 1 rings (SSSR count). The Morgan fingerprint density at radius 1 is 1.11 bits per heavy atom. The summed E-state index contributed by atoms with van der Waals surface area (Å²) in [6.45, 7) is 7.03. The third kappa shape index (κ3) is 4.96. The van der Waals surface area contributed by atoms with Gasteiger partial charge in [-0.25, -0.2) is 8.42 Å². The van der Waals surface area contributed by atoms with E-state index < -0.39 is 9.84 Å². The second kappa shape index (κ2) is 7.65. The van der Waals surface area contributed by atoms with Crippen molar-refractivity contribution in [2.24, 2.45) is 0 Å². The van der Waals surface area contributed by atoms with Gasteiger partial charge in [-0.3, -0.25) is 0 Å². The summed E-state index contributed by atoms with van der Waals surface area (Å²) >= 11 is 0. The maximum atomic E-state index is 11.7. The fraction of sp³-hybridized carbons (Fsp3) is 0.600. The van der Waals surface area contributed by atoms with Crippen LogP contribution in [0, 0.1) is 0 Å². The summed E-state index contributed by atoms with van der Waals surface area (Å²) in [5, 5.41) is 3.51. The van der Waals surface area contributed by atoms with Gasteiger partial charge in [0.25, 0.3) is 0 Å². The summed E-state index contributed by atoms with van der Waals surface area (Å²) in [7, 11) is -3.08. The Morgan fingerprint density at radius 3 is 2.21 bits per heavy atom. The van der Waals surface area contributed by atoms with Crippen molar-refractivity contribution in [3.63, 3.8) is 0 Å². The second-order valence-electron chi connectivity index (χ2n) is 4.81. The molecular weight excluding hydrogens is 258 g/mol. The third-order valence-corrected chi connectivity index (χ3v) is 5.07. The standard InChI is InChI=1S/C15H25NO2S/c1-4-11-16-14(5-2)12-13-7-9-15(10-8-13)19(17,18)6-3/h7-10,14,16H,4-6,11-12H2,1-3H3. The molecule has 0 spiro atoms. The van der Waals surface area contributed by atoms with E-state index in [9.17, 15) is 8.42 Å². The van der Waals surface area contributed by atoms with E-state index >= 15 is 0 Å². The Labute approximate surface area is 117 Å². The van der Waals surface area contributed by atoms with Gasteiger partial charge >= 0.3 is 0 Å². The van der Waals surface area contributed by atoms with E-state index in [1.54, 1.807) is 19.1 Å². The molecule has 0 radical (unpaired) electrons. The minimum absolute atomic E-state index is 0.155. The average Bonchev–Trinajstić information content (AvgIpc) is 2.44. The van der Waals surface area contributed by atoms with Crippen molar-refractivity contribution < 1.29 is 8.42 Å². The monoisotopic (exact) mass is 283 g/mol. The molecule has 4 heteroatoms. The summed E-state index contributed by atoms with van der Waals surface area (Å²) in [5.74, 6) is 0.155. The van der Waals surface area contributed by atoms with Gasteiger partial charge in [-0.2, -0.15) is 0 Å². The molecule has 108 valence electrons. The largest absolute Gasteiger partial charge is 0.314 e. The van der Waals surface area contributed by atoms with Crippen LogP contribution in [0.5, 0.6) is 0 Å². The first-order valence-corrected chi connectivity index (χ1v) is 8.73. The van der Waals surface area contributed by atoms with Gasteiger partial charge in [0.15, 0.2) is 9.84 Å². The molecule has 1 aromatic rings. The normalized spacial score (nSPS) is 13.4. The molecule has 3 nitrogen and oxygen atoms in total. The highest BCUT2D eigenvalue weighted by Crippen LogP contribution is 2.14. The van der Waals surface area contributed by atoms with Gasteiger partial charge in [0.1, 0.15) is 0 Å². The Kier molecular flexibility index (Phi) is 6.52. The number of nitrogens with one attached hydrogen (secondary N) is 1. The Morgan fingerprint density at radius 2 is 1.74 bits per heavy atom.